The Balaban J connectivity index is 2.03. The molecular weight excluding hydrogens is 238 g/mol. The molecule has 0 bridgehead atoms. The van der Waals surface area contributed by atoms with Crippen LogP contribution in [0.2, 0.25) is 5.02 Å². The van der Waals surface area contributed by atoms with E-state index in [1.54, 1.807) is 0 Å². The molecule has 0 unspecified atom stereocenters. The molecular formula is C13H14ClNO2. The highest BCUT2D eigenvalue weighted by Crippen LogP contribution is 2.23. The second-order valence-electron chi connectivity index (χ2n) is 3.95. The Labute approximate surface area is 105 Å². The van der Waals surface area contributed by atoms with Gasteiger partial charge in [-0.1, -0.05) is 11.6 Å². The SMILES string of the molecule is CC(=O)OCCCc1c[nH]c2ccc(Cl)cc12. The van der Waals surface area contributed by atoms with Crippen LogP contribution >= 0.6 is 11.6 Å². The molecule has 0 aliphatic heterocycles. The number of fused-ring (bicyclic) bond motifs is 1. The molecule has 4 heteroatoms. The molecule has 0 atom stereocenters. The van der Waals surface area contributed by atoms with Crippen LogP contribution in [0.15, 0.2) is 24.4 Å². The standard InChI is InChI=1S/C13H14ClNO2/c1-9(16)17-6-2-3-10-8-15-13-5-4-11(14)7-12(10)13/h4-5,7-8,15H,2-3,6H2,1H3. The van der Waals surface area contributed by atoms with E-state index in [2.05, 4.69) is 4.98 Å². The van der Waals surface area contributed by atoms with Gasteiger partial charge in [-0.05, 0) is 36.6 Å². The number of carbonyl (C=O) groups is 1. The van der Waals surface area contributed by atoms with Gasteiger partial charge < -0.3 is 9.72 Å². The van der Waals surface area contributed by atoms with Crippen LogP contribution in [0.25, 0.3) is 10.9 Å². The summed E-state index contributed by atoms with van der Waals surface area (Å²) in [6, 6.07) is 5.78. The van der Waals surface area contributed by atoms with E-state index in [0.29, 0.717) is 6.61 Å². The van der Waals surface area contributed by atoms with Crippen LogP contribution in [-0.2, 0) is 16.0 Å². The molecule has 2 rings (SSSR count). The first kappa shape index (κ1) is 12.0. The summed E-state index contributed by atoms with van der Waals surface area (Å²) in [6.45, 7) is 1.88. The van der Waals surface area contributed by atoms with Crippen molar-refractivity contribution >= 4 is 28.5 Å². The number of aromatic nitrogens is 1. The number of esters is 1. The Morgan fingerprint density at radius 2 is 2.29 bits per heavy atom. The van der Waals surface area contributed by atoms with Gasteiger partial charge in [-0.2, -0.15) is 0 Å². The summed E-state index contributed by atoms with van der Waals surface area (Å²) in [5.41, 5.74) is 2.28. The van der Waals surface area contributed by atoms with Crippen molar-refractivity contribution in [2.24, 2.45) is 0 Å². The van der Waals surface area contributed by atoms with Crippen LogP contribution in [0.1, 0.15) is 18.9 Å². The summed E-state index contributed by atoms with van der Waals surface area (Å²) in [7, 11) is 0. The number of hydrogen-bond donors (Lipinski definition) is 1. The Morgan fingerprint density at radius 1 is 1.47 bits per heavy atom. The number of carbonyl (C=O) groups excluding carboxylic acids is 1. The molecule has 0 amide bonds. The summed E-state index contributed by atoms with van der Waals surface area (Å²) < 4.78 is 4.90. The molecule has 1 N–H and O–H groups in total. The third-order valence-electron chi connectivity index (χ3n) is 2.63. The van der Waals surface area contributed by atoms with Gasteiger partial charge in [0.1, 0.15) is 0 Å². The van der Waals surface area contributed by atoms with Crippen molar-refractivity contribution in [2.45, 2.75) is 19.8 Å². The van der Waals surface area contributed by atoms with Crippen molar-refractivity contribution in [1.82, 2.24) is 4.98 Å². The molecule has 3 nitrogen and oxygen atoms in total. The number of nitrogens with one attached hydrogen (secondary N) is 1. The maximum absolute atomic E-state index is 10.6. The number of halogens is 1. The number of rotatable bonds is 4. The topological polar surface area (TPSA) is 42.1 Å². The van der Waals surface area contributed by atoms with Crippen molar-refractivity contribution in [1.29, 1.82) is 0 Å². The Bertz CT molecular complexity index is 533. The van der Waals surface area contributed by atoms with E-state index < -0.39 is 0 Å². The number of H-pyrrole nitrogens is 1. The van der Waals surface area contributed by atoms with Crippen molar-refractivity contribution in [2.75, 3.05) is 6.61 Å². The molecule has 1 heterocycles. The van der Waals surface area contributed by atoms with Gasteiger partial charge in [-0.25, -0.2) is 0 Å². The first-order chi connectivity index (χ1) is 8.16. The highest BCUT2D eigenvalue weighted by molar-refractivity contribution is 6.31. The van der Waals surface area contributed by atoms with E-state index >= 15 is 0 Å². The molecule has 0 radical (unpaired) electrons. The van der Waals surface area contributed by atoms with Crippen molar-refractivity contribution in [3.8, 4) is 0 Å². The monoisotopic (exact) mass is 251 g/mol. The molecule has 90 valence electrons. The van der Waals surface area contributed by atoms with Crippen molar-refractivity contribution < 1.29 is 9.53 Å². The second kappa shape index (κ2) is 5.23. The van der Waals surface area contributed by atoms with Gasteiger partial charge in [0.05, 0.1) is 6.61 Å². The van der Waals surface area contributed by atoms with Crippen LogP contribution < -0.4 is 0 Å². The molecule has 0 aliphatic rings. The molecule has 0 saturated heterocycles. The third kappa shape index (κ3) is 3.01. The minimum atomic E-state index is -0.230. The van der Waals surface area contributed by atoms with Crippen LogP contribution in [0, 0.1) is 0 Å². The van der Waals surface area contributed by atoms with Gasteiger partial charge in [0.15, 0.2) is 0 Å². The van der Waals surface area contributed by atoms with E-state index in [1.165, 1.54) is 12.5 Å². The van der Waals surface area contributed by atoms with Crippen LogP contribution in [0.3, 0.4) is 0 Å². The Kier molecular flexibility index (Phi) is 3.69. The molecule has 1 aromatic carbocycles. The van der Waals surface area contributed by atoms with Crippen LogP contribution in [0.4, 0.5) is 0 Å². The van der Waals surface area contributed by atoms with Gasteiger partial charge in [0.2, 0.25) is 0 Å². The molecule has 17 heavy (non-hydrogen) atoms. The van der Waals surface area contributed by atoms with E-state index in [0.717, 1.165) is 28.8 Å². The summed E-state index contributed by atoms with van der Waals surface area (Å²) in [4.78, 5) is 13.8. The molecule has 0 fully saturated rings. The minimum absolute atomic E-state index is 0.230. The fourth-order valence-corrected chi connectivity index (χ4v) is 2.01. The minimum Gasteiger partial charge on any atom is -0.466 e. The normalized spacial score (nSPS) is 10.7. The maximum Gasteiger partial charge on any atom is 0.302 e. The quantitative estimate of drug-likeness (QED) is 0.669. The van der Waals surface area contributed by atoms with Gasteiger partial charge in [-0.3, -0.25) is 4.79 Å². The number of hydrogen-bond acceptors (Lipinski definition) is 2. The van der Waals surface area contributed by atoms with Crippen molar-refractivity contribution in [3.63, 3.8) is 0 Å². The average molecular weight is 252 g/mol. The van der Waals surface area contributed by atoms with Crippen LogP contribution in [-0.4, -0.2) is 17.6 Å². The summed E-state index contributed by atoms with van der Waals surface area (Å²) in [6.07, 6.45) is 3.67. The molecule has 0 spiro atoms. The zero-order chi connectivity index (χ0) is 12.3. The zero-order valence-electron chi connectivity index (χ0n) is 9.63. The fraction of sp³-hybridized carbons (Fsp3) is 0.308. The largest absolute Gasteiger partial charge is 0.466 e. The smallest absolute Gasteiger partial charge is 0.302 e. The first-order valence-electron chi connectivity index (χ1n) is 5.55. The molecule has 0 aliphatic carbocycles. The lowest BCUT2D eigenvalue weighted by molar-refractivity contribution is -0.141. The van der Waals surface area contributed by atoms with E-state index in [-0.39, 0.29) is 5.97 Å². The van der Waals surface area contributed by atoms with Gasteiger partial charge >= 0.3 is 5.97 Å². The second-order valence-corrected chi connectivity index (χ2v) is 4.38. The fourth-order valence-electron chi connectivity index (χ4n) is 1.84. The third-order valence-corrected chi connectivity index (χ3v) is 2.86. The van der Waals surface area contributed by atoms with Crippen LogP contribution in [0.5, 0.6) is 0 Å². The lowest BCUT2D eigenvalue weighted by Crippen LogP contribution is -2.01. The highest BCUT2D eigenvalue weighted by Gasteiger charge is 2.04. The van der Waals surface area contributed by atoms with Gasteiger partial charge in [0.25, 0.3) is 0 Å². The first-order valence-corrected chi connectivity index (χ1v) is 5.93. The number of benzene rings is 1. The average Bonchev–Trinajstić information content (AvgIpc) is 2.67. The number of aromatic amines is 1. The summed E-state index contributed by atoms with van der Waals surface area (Å²) in [5.74, 6) is -0.230. The Hall–Kier alpha value is -1.48. The van der Waals surface area contributed by atoms with Gasteiger partial charge in [-0.15, -0.1) is 0 Å². The molecule has 2 aromatic rings. The van der Waals surface area contributed by atoms with Crippen molar-refractivity contribution in [3.05, 3.63) is 35.0 Å². The number of aryl methyl sites for hydroxylation is 1. The number of ether oxygens (including phenoxy) is 1. The van der Waals surface area contributed by atoms with E-state index in [1.807, 2.05) is 24.4 Å². The molecule has 0 saturated carbocycles. The molecule has 1 aromatic heterocycles. The zero-order valence-corrected chi connectivity index (χ0v) is 10.4. The van der Waals surface area contributed by atoms with Gasteiger partial charge in [0, 0.05) is 29.0 Å². The maximum atomic E-state index is 10.6. The highest BCUT2D eigenvalue weighted by atomic mass is 35.5. The lowest BCUT2D eigenvalue weighted by atomic mass is 10.1. The predicted octanol–water partition coefficient (Wildman–Crippen LogP) is 3.32. The van der Waals surface area contributed by atoms with E-state index in [9.17, 15) is 4.79 Å². The predicted molar refractivity (Wildman–Crippen MR) is 68.3 cm³/mol. The van der Waals surface area contributed by atoms with E-state index in [4.69, 9.17) is 16.3 Å². The summed E-state index contributed by atoms with van der Waals surface area (Å²) >= 11 is 5.97. The lowest BCUT2D eigenvalue weighted by Gasteiger charge is -2.01. The Morgan fingerprint density at radius 3 is 3.06 bits per heavy atom. The summed E-state index contributed by atoms with van der Waals surface area (Å²) in [5, 5.41) is 1.87.